The summed E-state index contributed by atoms with van der Waals surface area (Å²) in [5, 5.41) is 2.60. The molecule has 0 aliphatic carbocycles. The molecule has 136 valence electrons. The number of amides is 1. The number of benzene rings is 2. The van der Waals surface area contributed by atoms with Gasteiger partial charge in [0.25, 0.3) is 5.91 Å². The Morgan fingerprint density at radius 3 is 2.67 bits per heavy atom. The second kappa shape index (κ2) is 7.15. The third kappa shape index (κ3) is 3.51. The highest BCUT2D eigenvalue weighted by Crippen LogP contribution is 2.33. The van der Waals surface area contributed by atoms with Gasteiger partial charge in [0.05, 0.1) is 11.9 Å². The van der Waals surface area contributed by atoms with Crippen LogP contribution in [0.2, 0.25) is 0 Å². The van der Waals surface area contributed by atoms with Crippen molar-refractivity contribution in [1.82, 2.24) is 4.98 Å². The zero-order valence-corrected chi connectivity index (χ0v) is 14.5. The topological polar surface area (TPSA) is 45.2 Å². The molecule has 0 saturated carbocycles. The van der Waals surface area contributed by atoms with Crippen molar-refractivity contribution in [1.29, 1.82) is 0 Å². The van der Waals surface area contributed by atoms with Crippen LogP contribution in [0.1, 0.15) is 22.3 Å². The van der Waals surface area contributed by atoms with E-state index in [-0.39, 0.29) is 5.56 Å². The van der Waals surface area contributed by atoms with Crippen LogP contribution in [0.5, 0.6) is 0 Å². The van der Waals surface area contributed by atoms with Crippen molar-refractivity contribution < 1.29 is 13.6 Å². The van der Waals surface area contributed by atoms with Gasteiger partial charge in [-0.05, 0) is 54.8 Å². The summed E-state index contributed by atoms with van der Waals surface area (Å²) >= 11 is 0. The number of aromatic nitrogens is 1. The Balaban J connectivity index is 1.51. The normalized spacial score (nSPS) is 13.2. The average Bonchev–Trinajstić information content (AvgIpc) is 2.70. The highest BCUT2D eigenvalue weighted by Gasteiger charge is 2.18. The van der Waals surface area contributed by atoms with Gasteiger partial charge in [-0.25, -0.2) is 13.8 Å². The first-order valence-electron chi connectivity index (χ1n) is 8.70. The molecular weight excluding hydrogens is 348 g/mol. The van der Waals surface area contributed by atoms with Crippen LogP contribution < -0.4 is 10.2 Å². The number of halogens is 2. The number of carbonyl (C=O) groups is 1. The lowest BCUT2D eigenvalue weighted by Crippen LogP contribution is -2.24. The molecule has 3 aromatic rings. The van der Waals surface area contributed by atoms with E-state index in [0.717, 1.165) is 37.2 Å². The second-order valence-electron chi connectivity index (χ2n) is 6.37. The lowest BCUT2D eigenvalue weighted by atomic mass is 10.0. The van der Waals surface area contributed by atoms with Gasteiger partial charge in [-0.15, -0.1) is 0 Å². The Labute approximate surface area is 155 Å². The van der Waals surface area contributed by atoms with Crippen LogP contribution in [0.3, 0.4) is 0 Å². The standard InChI is InChI=1S/C21H17F2N3O/c22-17-9-7-15(12-18(17)23)21(27)25-20-10-8-16(13-24-20)26-11-3-5-14-4-1-2-6-19(14)26/h1-2,4,6-10,12-13H,3,5,11H2,(H,24,25,27). The van der Waals surface area contributed by atoms with Crippen LogP contribution in [-0.4, -0.2) is 17.4 Å². The van der Waals surface area contributed by atoms with Crippen molar-refractivity contribution >= 4 is 23.1 Å². The van der Waals surface area contributed by atoms with Crippen molar-refractivity contribution in [3.8, 4) is 0 Å². The lowest BCUT2D eigenvalue weighted by Gasteiger charge is -2.31. The van der Waals surface area contributed by atoms with E-state index in [2.05, 4.69) is 27.3 Å². The van der Waals surface area contributed by atoms with E-state index in [0.29, 0.717) is 5.82 Å². The van der Waals surface area contributed by atoms with Crippen molar-refractivity contribution in [3.63, 3.8) is 0 Å². The van der Waals surface area contributed by atoms with E-state index >= 15 is 0 Å². The van der Waals surface area contributed by atoms with Gasteiger partial charge in [-0.2, -0.15) is 0 Å². The SMILES string of the molecule is O=C(Nc1ccc(N2CCCc3ccccc32)cn1)c1ccc(F)c(F)c1. The summed E-state index contributed by atoms with van der Waals surface area (Å²) in [5.41, 5.74) is 3.45. The van der Waals surface area contributed by atoms with Crippen LogP contribution in [-0.2, 0) is 6.42 Å². The molecular formula is C21H17F2N3O. The van der Waals surface area contributed by atoms with Gasteiger partial charge < -0.3 is 10.2 Å². The summed E-state index contributed by atoms with van der Waals surface area (Å²) < 4.78 is 26.3. The molecule has 4 nitrogen and oxygen atoms in total. The van der Waals surface area contributed by atoms with Crippen molar-refractivity contribution in [2.75, 3.05) is 16.8 Å². The summed E-state index contributed by atoms with van der Waals surface area (Å²) in [7, 11) is 0. The molecule has 6 heteroatoms. The molecule has 0 fully saturated rings. The Hall–Kier alpha value is -3.28. The number of aryl methyl sites for hydroxylation is 1. The fraction of sp³-hybridized carbons (Fsp3) is 0.143. The summed E-state index contributed by atoms with van der Waals surface area (Å²) in [6.07, 6.45) is 3.82. The summed E-state index contributed by atoms with van der Waals surface area (Å²) in [5.74, 6) is -2.25. The molecule has 2 heterocycles. The van der Waals surface area contributed by atoms with Gasteiger partial charge in [-0.1, -0.05) is 18.2 Å². The molecule has 0 saturated heterocycles. The zero-order chi connectivity index (χ0) is 18.8. The first kappa shape index (κ1) is 17.1. The summed E-state index contributed by atoms with van der Waals surface area (Å²) in [6, 6.07) is 14.9. The highest BCUT2D eigenvalue weighted by atomic mass is 19.2. The van der Waals surface area contributed by atoms with E-state index in [1.807, 2.05) is 18.2 Å². The summed E-state index contributed by atoms with van der Waals surface area (Å²) in [6.45, 7) is 0.902. The largest absolute Gasteiger partial charge is 0.340 e. The van der Waals surface area contributed by atoms with E-state index in [1.54, 1.807) is 12.3 Å². The Morgan fingerprint density at radius 2 is 1.89 bits per heavy atom. The van der Waals surface area contributed by atoms with Crippen molar-refractivity contribution in [2.45, 2.75) is 12.8 Å². The Morgan fingerprint density at radius 1 is 1.04 bits per heavy atom. The summed E-state index contributed by atoms with van der Waals surface area (Å²) in [4.78, 5) is 18.7. The maximum absolute atomic E-state index is 13.3. The molecule has 27 heavy (non-hydrogen) atoms. The number of pyridine rings is 1. The number of fused-ring (bicyclic) bond motifs is 1. The molecule has 4 rings (SSSR count). The molecule has 0 bridgehead atoms. The van der Waals surface area contributed by atoms with Crippen molar-refractivity contribution in [2.24, 2.45) is 0 Å². The number of nitrogens with zero attached hydrogens (tertiary/aromatic N) is 2. The van der Waals surface area contributed by atoms with E-state index in [9.17, 15) is 13.6 Å². The van der Waals surface area contributed by atoms with Gasteiger partial charge in [0.2, 0.25) is 0 Å². The zero-order valence-electron chi connectivity index (χ0n) is 14.5. The number of para-hydroxylation sites is 1. The van der Waals surface area contributed by atoms with Crippen LogP contribution in [0, 0.1) is 11.6 Å². The molecule has 0 atom stereocenters. The molecule has 1 aliphatic heterocycles. The van der Waals surface area contributed by atoms with Crippen molar-refractivity contribution in [3.05, 3.63) is 83.6 Å². The molecule has 0 radical (unpaired) electrons. The molecule has 0 unspecified atom stereocenters. The number of anilines is 3. The monoisotopic (exact) mass is 365 g/mol. The van der Waals surface area contributed by atoms with Gasteiger partial charge in [0, 0.05) is 17.8 Å². The number of hydrogen-bond donors (Lipinski definition) is 1. The third-order valence-corrected chi connectivity index (χ3v) is 4.59. The van der Waals surface area contributed by atoms with Crippen LogP contribution in [0.15, 0.2) is 60.8 Å². The fourth-order valence-corrected chi connectivity index (χ4v) is 3.25. The predicted octanol–water partition coefficient (Wildman–Crippen LogP) is 4.70. The molecule has 1 amide bonds. The maximum atomic E-state index is 13.3. The predicted molar refractivity (Wildman–Crippen MR) is 100 cm³/mol. The van der Waals surface area contributed by atoms with Gasteiger partial charge in [-0.3, -0.25) is 4.79 Å². The molecule has 0 spiro atoms. The number of hydrogen-bond acceptors (Lipinski definition) is 3. The number of nitrogens with one attached hydrogen (secondary N) is 1. The second-order valence-corrected chi connectivity index (χ2v) is 6.37. The van der Waals surface area contributed by atoms with Crippen LogP contribution in [0.4, 0.5) is 26.0 Å². The van der Waals surface area contributed by atoms with E-state index < -0.39 is 17.5 Å². The third-order valence-electron chi connectivity index (χ3n) is 4.59. The van der Waals surface area contributed by atoms with E-state index in [1.165, 1.54) is 17.3 Å². The van der Waals surface area contributed by atoms with Crippen LogP contribution in [0.25, 0.3) is 0 Å². The average molecular weight is 365 g/mol. The minimum atomic E-state index is -1.06. The van der Waals surface area contributed by atoms with Gasteiger partial charge in [0.1, 0.15) is 5.82 Å². The minimum absolute atomic E-state index is 0.0322. The minimum Gasteiger partial charge on any atom is -0.340 e. The number of rotatable bonds is 3. The molecule has 1 aliphatic rings. The first-order chi connectivity index (χ1) is 13.1. The molecule has 1 N–H and O–H groups in total. The fourth-order valence-electron chi connectivity index (χ4n) is 3.25. The Bertz CT molecular complexity index is 989. The number of carbonyl (C=O) groups excluding carboxylic acids is 1. The Kier molecular flexibility index (Phi) is 4.54. The quantitative estimate of drug-likeness (QED) is 0.732. The first-order valence-corrected chi connectivity index (χ1v) is 8.70. The molecule has 1 aromatic heterocycles. The smallest absolute Gasteiger partial charge is 0.256 e. The van der Waals surface area contributed by atoms with Gasteiger partial charge in [0.15, 0.2) is 11.6 Å². The highest BCUT2D eigenvalue weighted by molar-refractivity contribution is 6.03. The maximum Gasteiger partial charge on any atom is 0.256 e. The van der Waals surface area contributed by atoms with E-state index in [4.69, 9.17) is 0 Å². The van der Waals surface area contributed by atoms with Gasteiger partial charge >= 0.3 is 0 Å². The molecule has 2 aromatic carbocycles. The lowest BCUT2D eigenvalue weighted by molar-refractivity contribution is 0.102. The van der Waals surface area contributed by atoms with Crippen LogP contribution >= 0.6 is 0 Å².